The fraction of sp³-hybridized carbons (Fsp3) is 0.800. The molecule has 0 spiro atoms. The van der Waals surface area contributed by atoms with E-state index in [1.807, 2.05) is 0 Å². The van der Waals surface area contributed by atoms with Crippen LogP contribution in [0.1, 0.15) is 27.2 Å². The van der Waals surface area contributed by atoms with E-state index in [9.17, 15) is 18.0 Å². The number of hydrogen-bond acceptors (Lipinski definition) is 5. The number of rotatable bonds is 2. The summed E-state index contributed by atoms with van der Waals surface area (Å²) in [5, 5.41) is 11.3. The number of aliphatic carboxylic acids is 1. The predicted molar refractivity (Wildman–Crippen MR) is 63.0 cm³/mol. The van der Waals surface area contributed by atoms with Gasteiger partial charge in [-0.1, -0.05) is 0 Å². The highest BCUT2D eigenvalue weighted by Crippen LogP contribution is 2.24. The van der Waals surface area contributed by atoms with Crippen molar-refractivity contribution >= 4 is 21.9 Å². The average Bonchev–Trinajstić information content (AvgIpc) is 2.39. The van der Waals surface area contributed by atoms with Gasteiger partial charge in [0, 0.05) is 0 Å². The minimum absolute atomic E-state index is 0.149. The molecule has 0 aromatic rings. The first-order valence-corrected chi connectivity index (χ1v) is 7.23. The number of amides is 1. The Hall–Kier alpha value is -1.31. The quantitative estimate of drug-likeness (QED) is 0.744. The van der Waals surface area contributed by atoms with E-state index in [0.29, 0.717) is 0 Å². The van der Waals surface area contributed by atoms with Crippen molar-refractivity contribution in [1.29, 1.82) is 0 Å². The molecule has 0 bridgehead atoms. The molecule has 1 atom stereocenters. The molecule has 0 saturated carbocycles. The molecule has 18 heavy (non-hydrogen) atoms. The van der Waals surface area contributed by atoms with Crippen LogP contribution in [-0.4, -0.2) is 48.2 Å². The number of ether oxygens (including phenoxy) is 1. The number of sulfone groups is 1. The van der Waals surface area contributed by atoms with E-state index >= 15 is 0 Å². The number of alkyl carbamates (subject to hydrolysis) is 1. The van der Waals surface area contributed by atoms with Crippen molar-refractivity contribution in [3.05, 3.63) is 0 Å². The first-order chi connectivity index (χ1) is 7.96. The molecule has 1 heterocycles. The molecule has 0 aromatic heterocycles. The van der Waals surface area contributed by atoms with Crippen LogP contribution in [-0.2, 0) is 19.4 Å². The second kappa shape index (κ2) is 4.42. The van der Waals surface area contributed by atoms with Crippen LogP contribution in [0.25, 0.3) is 0 Å². The Morgan fingerprint density at radius 2 is 1.89 bits per heavy atom. The molecule has 1 aliphatic heterocycles. The number of carboxylic acids is 1. The van der Waals surface area contributed by atoms with Crippen LogP contribution in [0.2, 0.25) is 0 Å². The van der Waals surface area contributed by atoms with E-state index in [1.165, 1.54) is 0 Å². The van der Waals surface area contributed by atoms with E-state index in [-0.39, 0.29) is 12.2 Å². The van der Waals surface area contributed by atoms with Gasteiger partial charge < -0.3 is 15.2 Å². The lowest BCUT2D eigenvalue weighted by molar-refractivity contribution is -0.143. The largest absolute Gasteiger partial charge is 0.479 e. The van der Waals surface area contributed by atoms with Crippen molar-refractivity contribution in [3.63, 3.8) is 0 Å². The molecule has 0 aliphatic carbocycles. The molecule has 2 N–H and O–H groups in total. The summed E-state index contributed by atoms with van der Waals surface area (Å²) in [5.74, 6) is -2.22. The van der Waals surface area contributed by atoms with E-state index in [2.05, 4.69) is 5.32 Å². The molecule has 1 saturated heterocycles. The van der Waals surface area contributed by atoms with Crippen LogP contribution in [0.4, 0.5) is 4.79 Å². The van der Waals surface area contributed by atoms with Crippen molar-refractivity contribution in [2.45, 2.75) is 38.3 Å². The summed E-state index contributed by atoms with van der Waals surface area (Å²) in [6, 6.07) is 0. The van der Waals surface area contributed by atoms with Crippen LogP contribution in [0.5, 0.6) is 0 Å². The van der Waals surface area contributed by atoms with Crippen molar-refractivity contribution < 1.29 is 27.9 Å². The van der Waals surface area contributed by atoms with Crippen LogP contribution >= 0.6 is 0 Å². The molecule has 7 nitrogen and oxygen atoms in total. The Morgan fingerprint density at radius 1 is 1.33 bits per heavy atom. The van der Waals surface area contributed by atoms with Gasteiger partial charge in [-0.2, -0.15) is 0 Å². The number of nitrogens with one attached hydrogen (secondary N) is 1. The van der Waals surface area contributed by atoms with Gasteiger partial charge in [0.1, 0.15) is 5.60 Å². The lowest BCUT2D eigenvalue weighted by Crippen LogP contribution is -2.56. The van der Waals surface area contributed by atoms with Crippen molar-refractivity contribution in [3.8, 4) is 0 Å². The van der Waals surface area contributed by atoms with Crippen LogP contribution in [0.15, 0.2) is 0 Å². The van der Waals surface area contributed by atoms with Gasteiger partial charge in [0.25, 0.3) is 0 Å². The standard InChI is InChI=1S/C10H17NO6S/c1-9(2,3)17-8(14)11-10(7(12)13)4-5-18(15,16)6-10/h4-6H2,1-3H3,(H,11,14)(H,12,13)/t10-/m0/s1. The van der Waals surface area contributed by atoms with E-state index < -0.39 is 38.8 Å². The lowest BCUT2D eigenvalue weighted by atomic mass is 10.00. The van der Waals surface area contributed by atoms with Gasteiger partial charge in [-0.3, -0.25) is 0 Å². The minimum atomic E-state index is -3.44. The molecule has 1 fully saturated rings. The first-order valence-electron chi connectivity index (χ1n) is 5.41. The highest BCUT2D eigenvalue weighted by atomic mass is 32.2. The molecule has 0 aromatic carbocycles. The zero-order chi connectivity index (χ0) is 14.2. The summed E-state index contributed by atoms with van der Waals surface area (Å²) in [7, 11) is -3.44. The molecular formula is C10H17NO6S. The van der Waals surface area contributed by atoms with Crippen molar-refractivity contribution in [1.82, 2.24) is 5.32 Å². The number of carbonyl (C=O) groups excluding carboxylic acids is 1. The molecule has 0 unspecified atom stereocenters. The summed E-state index contributed by atoms with van der Waals surface area (Å²) in [4.78, 5) is 22.7. The summed E-state index contributed by atoms with van der Waals surface area (Å²) in [5.41, 5.74) is -2.55. The maximum absolute atomic E-state index is 11.5. The Balaban J connectivity index is 2.84. The molecular weight excluding hydrogens is 262 g/mol. The SMILES string of the molecule is CC(C)(C)OC(=O)N[C@@]1(C(=O)O)CCS(=O)(=O)C1. The highest BCUT2D eigenvalue weighted by Gasteiger charge is 2.50. The maximum atomic E-state index is 11.5. The van der Waals surface area contributed by atoms with Crippen LogP contribution < -0.4 is 5.32 Å². The highest BCUT2D eigenvalue weighted by molar-refractivity contribution is 7.91. The van der Waals surface area contributed by atoms with E-state index in [4.69, 9.17) is 9.84 Å². The second-order valence-corrected chi connectivity index (χ2v) is 7.54. The third kappa shape index (κ3) is 3.59. The van der Waals surface area contributed by atoms with Gasteiger partial charge in [0.05, 0.1) is 11.5 Å². The van der Waals surface area contributed by atoms with Gasteiger partial charge in [-0.15, -0.1) is 0 Å². The van der Waals surface area contributed by atoms with Gasteiger partial charge in [0.15, 0.2) is 15.4 Å². The summed E-state index contributed by atoms with van der Waals surface area (Å²) in [6.07, 6.45) is -1.08. The third-order valence-electron chi connectivity index (χ3n) is 2.46. The van der Waals surface area contributed by atoms with Gasteiger partial charge in [0.2, 0.25) is 0 Å². The maximum Gasteiger partial charge on any atom is 0.408 e. The first kappa shape index (κ1) is 14.7. The summed E-state index contributed by atoms with van der Waals surface area (Å²) >= 11 is 0. The fourth-order valence-corrected chi connectivity index (χ4v) is 3.56. The number of carboxylic acid groups (broad SMARTS) is 1. The Morgan fingerprint density at radius 3 is 2.22 bits per heavy atom. The van der Waals surface area contributed by atoms with Crippen molar-refractivity contribution in [2.24, 2.45) is 0 Å². The molecule has 1 aliphatic rings. The third-order valence-corrected chi connectivity index (χ3v) is 4.21. The topological polar surface area (TPSA) is 110 Å². The molecule has 1 amide bonds. The molecule has 0 radical (unpaired) electrons. The summed E-state index contributed by atoms with van der Waals surface area (Å²) in [6.45, 7) is 4.89. The minimum Gasteiger partial charge on any atom is -0.479 e. The Labute approximate surface area is 105 Å². The Bertz CT molecular complexity index is 463. The van der Waals surface area contributed by atoms with Crippen molar-refractivity contribution in [2.75, 3.05) is 11.5 Å². The number of carbonyl (C=O) groups is 2. The zero-order valence-electron chi connectivity index (χ0n) is 10.5. The van der Waals surface area contributed by atoms with Gasteiger partial charge in [-0.05, 0) is 27.2 Å². The molecule has 1 rings (SSSR count). The lowest BCUT2D eigenvalue weighted by Gasteiger charge is -2.27. The number of hydrogen-bond donors (Lipinski definition) is 2. The van der Waals surface area contributed by atoms with Crippen LogP contribution in [0.3, 0.4) is 0 Å². The Kier molecular flexibility index (Phi) is 3.62. The van der Waals surface area contributed by atoms with Gasteiger partial charge in [-0.25, -0.2) is 18.0 Å². The molecule has 104 valence electrons. The summed E-state index contributed by atoms with van der Waals surface area (Å²) < 4.78 is 27.7. The van der Waals surface area contributed by atoms with E-state index in [0.717, 1.165) is 0 Å². The van der Waals surface area contributed by atoms with Gasteiger partial charge >= 0.3 is 12.1 Å². The van der Waals surface area contributed by atoms with E-state index in [1.54, 1.807) is 20.8 Å². The monoisotopic (exact) mass is 279 g/mol. The average molecular weight is 279 g/mol. The molecule has 8 heteroatoms. The predicted octanol–water partition coefficient (Wildman–Crippen LogP) is 0.153. The second-order valence-electron chi connectivity index (χ2n) is 5.36. The van der Waals surface area contributed by atoms with Crippen LogP contribution in [0, 0.1) is 0 Å². The normalized spacial score (nSPS) is 26.6. The zero-order valence-corrected chi connectivity index (χ0v) is 11.3. The fourth-order valence-electron chi connectivity index (χ4n) is 1.67. The smallest absolute Gasteiger partial charge is 0.408 e.